The minimum atomic E-state index is -0.157. The van der Waals surface area contributed by atoms with Crippen LogP contribution in [0.4, 0.5) is 5.69 Å². The molecule has 0 aliphatic carbocycles. The lowest BCUT2D eigenvalue weighted by Crippen LogP contribution is -2.28. The zero-order valence-electron chi connectivity index (χ0n) is 18.8. The smallest absolute Gasteiger partial charge is 0.253 e. The number of amides is 2. The molecule has 1 aliphatic rings. The molecule has 3 aromatic carbocycles. The molecule has 0 aromatic heterocycles. The van der Waals surface area contributed by atoms with Crippen molar-refractivity contribution in [1.29, 1.82) is 0 Å². The summed E-state index contributed by atoms with van der Waals surface area (Å²) >= 11 is 0. The molecule has 0 bridgehead atoms. The van der Waals surface area contributed by atoms with Crippen molar-refractivity contribution in [1.82, 2.24) is 10.2 Å². The molecule has 1 heterocycles. The first-order chi connectivity index (χ1) is 16.1. The fourth-order valence-corrected chi connectivity index (χ4v) is 3.99. The number of carbonyl (C=O) groups excluding carboxylic acids is 2. The number of hydrogen-bond acceptors (Lipinski definition) is 4. The van der Waals surface area contributed by atoms with E-state index in [9.17, 15) is 9.59 Å². The maximum atomic E-state index is 12.9. The standard InChI is InChI=1S/C27H29N3O3/c1-20(31)29-24-15-22(14-23(17-24)27(32)30-12-5-6-13-30)19-28-18-21-8-7-11-26(16-21)33-25-9-3-2-4-10-25/h2-4,7-11,14-17,28H,5-6,12-13,18-19H2,1H3,(H,29,31). The van der Waals surface area contributed by atoms with Gasteiger partial charge in [-0.3, -0.25) is 9.59 Å². The van der Waals surface area contributed by atoms with Crippen LogP contribution < -0.4 is 15.4 Å². The van der Waals surface area contributed by atoms with Gasteiger partial charge < -0.3 is 20.3 Å². The molecule has 2 N–H and O–H groups in total. The Morgan fingerprint density at radius 2 is 1.58 bits per heavy atom. The van der Waals surface area contributed by atoms with Gasteiger partial charge in [0.15, 0.2) is 0 Å². The summed E-state index contributed by atoms with van der Waals surface area (Å²) in [7, 11) is 0. The predicted molar refractivity (Wildman–Crippen MR) is 129 cm³/mol. The Morgan fingerprint density at radius 1 is 0.848 bits per heavy atom. The van der Waals surface area contributed by atoms with Gasteiger partial charge in [-0.2, -0.15) is 0 Å². The van der Waals surface area contributed by atoms with E-state index < -0.39 is 0 Å². The lowest BCUT2D eigenvalue weighted by atomic mass is 10.1. The minimum absolute atomic E-state index is 0.0201. The third kappa shape index (κ3) is 6.43. The lowest BCUT2D eigenvalue weighted by Gasteiger charge is -2.17. The van der Waals surface area contributed by atoms with Crippen LogP contribution in [0.1, 0.15) is 41.3 Å². The quantitative estimate of drug-likeness (QED) is 0.516. The van der Waals surface area contributed by atoms with E-state index in [0.717, 1.165) is 48.6 Å². The van der Waals surface area contributed by atoms with Crippen LogP contribution in [0.15, 0.2) is 72.8 Å². The highest BCUT2D eigenvalue weighted by molar-refractivity contribution is 5.97. The van der Waals surface area contributed by atoms with E-state index in [4.69, 9.17) is 4.74 Å². The summed E-state index contributed by atoms with van der Waals surface area (Å²) in [4.78, 5) is 26.4. The number of carbonyl (C=O) groups is 2. The predicted octanol–water partition coefficient (Wildman–Crippen LogP) is 4.96. The fraction of sp³-hybridized carbons (Fsp3) is 0.259. The summed E-state index contributed by atoms with van der Waals surface area (Å²) in [5, 5.41) is 6.25. The molecular weight excluding hydrogens is 414 g/mol. The van der Waals surface area contributed by atoms with Crippen LogP contribution in [0.5, 0.6) is 11.5 Å². The number of ether oxygens (including phenoxy) is 1. The van der Waals surface area contributed by atoms with Gasteiger partial charge in [-0.15, -0.1) is 0 Å². The van der Waals surface area contributed by atoms with Gasteiger partial charge in [-0.05, 0) is 66.4 Å². The second kappa shape index (κ2) is 10.8. The highest BCUT2D eigenvalue weighted by atomic mass is 16.5. The number of benzene rings is 3. The Labute approximate surface area is 194 Å². The van der Waals surface area contributed by atoms with Crippen LogP contribution in [0.3, 0.4) is 0 Å². The maximum Gasteiger partial charge on any atom is 0.253 e. The molecule has 1 aliphatic heterocycles. The van der Waals surface area contributed by atoms with Crippen LogP contribution in [0, 0.1) is 0 Å². The van der Waals surface area contributed by atoms with Crippen LogP contribution in [0.2, 0.25) is 0 Å². The van der Waals surface area contributed by atoms with E-state index in [-0.39, 0.29) is 11.8 Å². The topological polar surface area (TPSA) is 70.7 Å². The van der Waals surface area contributed by atoms with Crippen LogP contribution in [-0.4, -0.2) is 29.8 Å². The number of rotatable bonds is 8. The Balaban J connectivity index is 1.42. The number of para-hydroxylation sites is 1. The first-order valence-electron chi connectivity index (χ1n) is 11.3. The van der Waals surface area contributed by atoms with Crippen molar-refractivity contribution in [3.05, 3.63) is 89.5 Å². The maximum absolute atomic E-state index is 12.9. The summed E-state index contributed by atoms with van der Waals surface area (Å²) in [6, 6.07) is 23.2. The van der Waals surface area contributed by atoms with Gasteiger partial charge >= 0.3 is 0 Å². The zero-order valence-corrected chi connectivity index (χ0v) is 18.8. The highest BCUT2D eigenvalue weighted by Gasteiger charge is 2.20. The molecule has 33 heavy (non-hydrogen) atoms. The summed E-state index contributed by atoms with van der Waals surface area (Å²) in [6.07, 6.45) is 2.08. The van der Waals surface area contributed by atoms with E-state index in [2.05, 4.69) is 10.6 Å². The minimum Gasteiger partial charge on any atom is -0.457 e. The van der Waals surface area contributed by atoms with Gasteiger partial charge in [-0.25, -0.2) is 0 Å². The van der Waals surface area contributed by atoms with Crippen molar-refractivity contribution >= 4 is 17.5 Å². The van der Waals surface area contributed by atoms with Crippen molar-refractivity contribution < 1.29 is 14.3 Å². The molecule has 2 amide bonds. The average Bonchev–Trinajstić information content (AvgIpc) is 3.34. The molecular formula is C27H29N3O3. The van der Waals surface area contributed by atoms with E-state index in [1.807, 2.05) is 71.6 Å². The second-order valence-electron chi connectivity index (χ2n) is 8.27. The SMILES string of the molecule is CC(=O)Nc1cc(CNCc2cccc(Oc3ccccc3)c2)cc(C(=O)N2CCCC2)c1. The monoisotopic (exact) mass is 443 g/mol. The van der Waals surface area contributed by atoms with Crippen LogP contribution >= 0.6 is 0 Å². The molecule has 3 aromatic rings. The Bertz CT molecular complexity index is 1110. The van der Waals surface area contributed by atoms with E-state index >= 15 is 0 Å². The van der Waals surface area contributed by atoms with Crippen molar-refractivity contribution in [2.45, 2.75) is 32.9 Å². The van der Waals surface area contributed by atoms with Crippen molar-refractivity contribution in [2.75, 3.05) is 18.4 Å². The first kappa shape index (κ1) is 22.6. The molecule has 6 nitrogen and oxygen atoms in total. The number of hydrogen-bond donors (Lipinski definition) is 2. The molecule has 170 valence electrons. The first-order valence-corrected chi connectivity index (χ1v) is 11.3. The third-order valence-corrected chi connectivity index (χ3v) is 5.49. The number of nitrogens with one attached hydrogen (secondary N) is 2. The zero-order chi connectivity index (χ0) is 23.0. The van der Waals surface area contributed by atoms with E-state index in [1.54, 1.807) is 6.07 Å². The van der Waals surface area contributed by atoms with Crippen molar-refractivity contribution in [3.63, 3.8) is 0 Å². The molecule has 0 spiro atoms. The molecule has 1 saturated heterocycles. The van der Waals surface area contributed by atoms with Crippen LogP contribution in [0.25, 0.3) is 0 Å². The second-order valence-corrected chi connectivity index (χ2v) is 8.27. The average molecular weight is 444 g/mol. The van der Waals surface area contributed by atoms with Gasteiger partial charge in [0.25, 0.3) is 5.91 Å². The molecule has 0 unspecified atom stereocenters. The van der Waals surface area contributed by atoms with Gasteiger partial charge in [0.05, 0.1) is 0 Å². The van der Waals surface area contributed by atoms with Gasteiger partial charge in [0, 0.05) is 44.4 Å². The Hall–Kier alpha value is -3.64. The number of nitrogens with zero attached hydrogens (tertiary/aromatic N) is 1. The highest BCUT2D eigenvalue weighted by Crippen LogP contribution is 2.22. The molecule has 6 heteroatoms. The lowest BCUT2D eigenvalue weighted by molar-refractivity contribution is -0.114. The van der Waals surface area contributed by atoms with Gasteiger partial charge in [-0.1, -0.05) is 30.3 Å². The summed E-state index contributed by atoms with van der Waals surface area (Å²) in [6.45, 7) is 4.26. The number of likely N-dealkylation sites (tertiary alicyclic amines) is 1. The molecule has 0 atom stereocenters. The molecule has 0 radical (unpaired) electrons. The largest absolute Gasteiger partial charge is 0.457 e. The summed E-state index contributed by atoms with van der Waals surface area (Å²) in [5.41, 5.74) is 3.29. The Morgan fingerprint density at radius 3 is 2.33 bits per heavy atom. The van der Waals surface area contributed by atoms with Crippen molar-refractivity contribution in [2.24, 2.45) is 0 Å². The van der Waals surface area contributed by atoms with Crippen LogP contribution in [-0.2, 0) is 17.9 Å². The molecule has 1 fully saturated rings. The fourth-order valence-electron chi connectivity index (χ4n) is 3.99. The van der Waals surface area contributed by atoms with Gasteiger partial charge in [0.2, 0.25) is 5.91 Å². The summed E-state index contributed by atoms with van der Waals surface area (Å²) in [5.74, 6) is 1.45. The van der Waals surface area contributed by atoms with E-state index in [1.165, 1.54) is 6.92 Å². The normalized spacial score (nSPS) is 13.1. The number of anilines is 1. The summed E-state index contributed by atoms with van der Waals surface area (Å²) < 4.78 is 5.92. The van der Waals surface area contributed by atoms with E-state index in [0.29, 0.717) is 24.3 Å². The van der Waals surface area contributed by atoms with Crippen molar-refractivity contribution in [3.8, 4) is 11.5 Å². The van der Waals surface area contributed by atoms with Gasteiger partial charge in [0.1, 0.15) is 11.5 Å². The molecule has 0 saturated carbocycles. The third-order valence-electron chi connectivity index (χ3n) is 5.49. The molecule has 4 rings (SSSR count). The Kier molecular flexibility index (Phi) is 7.37.